The highest BCUT2D eigenvalue weighted by molar-refractivity contribution is 7.13. The zero-order valence-electron chi connectivity index (χ0n) is 10.6. The van der Waals surface area contributed by atoms with E-state index in [-0.39, 0.29) is 5.91 Å². The molecule has 5 nitrogen and oxygen atoms in total. The molecule has 0 aliphatic carbocycles. The molecule has 1 heterocycles. The molecule has 100 valence electrons. The summed E-state index contributed by atoms with van der Waals surface area (Å²) in [6.07, 6.45) is 1.12. The minimum Gasteiger partial charge on any atom is -0.494 e. The van der Waals surface area contributed by atoms with Crippen LogP contribution in [0.15, 0.2) is 29.8 Å². The van der Waals surface area contributed by atoms with Gasteiger partial charge in [-0.1, -0.05) is 23.5 Å². The van der Waals surface area contributed by atoms with Gasteiger partial charge in [-0.3, -0.25) is 4.79 Å². The lowest BCUT2D eigenvalue weighted by molar-refractivity contribution is -0.116. The quantitative estimate of drug-likeness (QED) is 0.881. The Labute approximate surface area is 115 Å². The van der Waals surface area contributed by atoms with Crippen LogP contribution in [0.3, 0.4) is 0 Å². The maximum Gasteiger partial charge on any atom is 0.226 e. The van der Waals surface area contributed by atoms with Crippen molar-refractivity contribution in [3.05, 3.63) is 35.3 Å². The van der Waals surface area contributed by atoms with E-state index in [9.17, 15) is 4.79 Å². The molecule has 0 fully saturated rings. The van der Waals surface area contributed by atoms with Crippen LogP contribution in [0.4, 0.5) is 5.13 Å². The fourth-order valence-electron chi connectivity index (χ4n) is 1.59. The Morgan fingerprint density at radius 2 is 2.16 bits per heavy atom. The summed E-state index contributed by atoms with van der Waals surface area (Å²) >= 11 is 1.31. The molecule has 0 aliphatic rings. The summed E-state index contributed by atoms with van der Waals surface area (Å²) in [4.78, 5) is 11.7. The molecule has 1 aromatic heterocycles. The van der Waals surface area contributed by atoms with Crippen molar-refractivity contribution in [3.63, 3.8) is 0 Å². The first-order valence-corrected chi connectivity index (χ1v) is 6.93. The lowest BCUT2D eigenvalue weighted by Gasteiger charge is -2.05. The fourth-order valence-corrected chi connectivity index (χ4v) is 2.05. The van der Waals surface area contributed by atoms with Gasteiger partial charge in [0.05, 0.1) is 6.61 Å². The van der Waals surface area contributed by atoms with Crippen LogP contribution < -0.4 is 10.1 Å². The molecular weight excluding hydrogens is 262 g/mol. The second-order valence-corrected chi connectivity index (χ2v) is 4.70. The number of carbonyl (C=O) groups is 1. The monoisotopic (exact) mass is 277 g/mol. The average molecular weight is 277 g/mol. The first kappa shape index (κ1) is 13.5. The number of rotatable bonds is 6. The number of carbonyl (C=O) groups excluding carboxylic acids is 1. The van der Waals surface area contributed by atoms with Crippen molar-refractivity contribution in [2.45, 2.75) is 19.8 Å². The van der Waals surface area contributed by atoms with Gasteiger partial charge in [0.1, 0.15) is 11.3 Å². The summed E-state index contributed by atoms with van der Waals surface area (Å²) in [5.74, 6) is 0.801. The highest BCUT2D eigenvalue weighted by Gasteiger charge is 2.05. The molecule has 6 heteroatoms. The number of nitrogens with one attached hydrogen (secondary N) is 1. The molecule has 0 aliphatic heterocycles. The Morgan fingerprint density at radius 1 is 1.37 bits per heavy atom. The summed E-state index contributed by atoms with van der Waals surface area (Å²) in [5, 5.41) is 10.7. The Morgan fingerprint density at radius 3 is 2.79 bits per heavy atom. The summed E-state index contributed by atoms with van der Waals surface area (Å²) in [5.41, 5.74) is 2.69. The molecule has 0 bridgehead atoms. The van der Waals surface area contributed by atoms with Gasteiger partial charge in [-0.15, -0.1) is 10.2 Å². The minimum atomic E-state index is -0.0503. The molecule has 1 aromatic carbocycles. The van der Waals surface area contributed by atoms with Crippen LogP contribution in [-0.4, -0.2) is 22.7 Å². The second kappa shape index (κ2) is 6.84. The van der Waals surface area contributed by atoms with E-state index in [2.05, 4.69) is 15.5 Å². The molecule has 0 saturated heterocycles. The maximum absolute atomic E-state index is 11.7. The van der Waals surface area contributed by atoms with Crippen LogP contribution in [0.2, 0.25) is 0 Å². The van der Waals surface area contributed by atoms with Gasteiger partial charge in [-0.2, -0.15) is 0 Å². The fraction of sp³-hybridized carbons (Fsp3) is 0.308. The van der Waals surface area contributed by atoms with E-state index >= 15 is 0 Å². The van der Waals surface area contributed by atoms with Crippen LogP contribution in [0.1, 0.15) is 18.9 Å². The summed E-state index contributed by atoms with van der Waals surface area (Å²) in [6, 6.07) is 7.79. The molecule has 2 aromatic rings. The molecule has 19 heavy (non-hydrogen) atoms. The number of hydrogen-bond acceptors (Lipinski definition) is 5. The van der Waals surface area contributed by atoms with Crippen molar-refractivity contribution in [2.75, 3.05) is 11.9 Å². The summed E-state index contributed by atoms with van der Waals surface area (Å²) in [6.45, 7) is 2.61. The molecule has 0 unspecified atom stereocenters. The predicted octanol–water partition coefficient (Wildman–Crippen LogP) is 2.51. The van der Waals surface area contributed by atoms with Crippen molar-refractivity contribution >= 4 is 22.4 Å². The third-order valence-corrected chi connectivity index (χ3v) is 3.09. The molecular formula is C13H15N3O2S. The van der Waals surface area contributed by atoms with Crippen LogP contribution >= 0.6 is 11.3 Å². The van der Waals surface area contributed by atoms with Gasteiger partial charge in [0.15, 0.2) is 0 Å². The topological polar surface area (TPSA) is 64.1 Å². The van der Waals surface area contributed by atoms with E-state index in [1.54, 1.807) is 5.51 Å². The van der Waals surface area contributed by atoms with E-state index in [4.69, 9.17) is 4.74 Å². The maximum atomic E-state index is 11.7. The first-order valence-electron chi connectivity index (χ1n) is 6.05. The lowest BCUT2D eigenvalue weighted by Crippen LogP contribution is -2.12. The van der Waals surface area contributed by atoms with Crippen LogP contribution in [0.5, 0.6) is 5.75 Å². The zero-order chi connectivity index (χ0) is 13.5. The Hall–Kier alpha value is -1.95. The Kier molecular flexibility index (Phi) is 4.85. The highest BCUT2D eigenvalue weighted by atomic mass is 32.1. The summed E-state index contributed by atoms with van der Waals surface area (Å²) in [7, 11) is 0. The molecule has 1 N–H and O–H groups in total. The summed E-state index contributed by atoms with van der Waals surface area (Å²) < 4.78 is 5.36. The third kappa shape index (κ3) is 4.33. The SMILES string of the molecule is CCOc1ccc(CCC(=O)Nc2nncs2)cc1. The van der Waals surface area contributed by atoms with Crippen molar-refractivity contribution in [2.24, 2.45) is 0 Å². The number of anilines is 1. The minimum absolute atomic E-state index is 0.0503. The largest absolute Gasteiger partial charge is 0.494 e. The van der Waals surface area contributed by atoms with Crippen molar-refractivity contribution in [1.29, 1.82) is 0 Å². The molecule has 2 rings (SSSR count). The molecule has 0 atom stereocenters. The Bertz CT molecular complexity index is 511. The van der Waals surface area contributed by atoms with Crippen LogP contribution in [0.25, 0.3) is 0 Å². The van der Waals surface area contributed by atoms with Gasteiger partial charge >= 0.3 is 0 Å². The van der Waals surface area contributed by atoms with Crippen LogP contribution in [-0.2, 0) is 11.2 Å². The number of nitrogens with zero attached hydrogens (tertiary/aromatic N) is 2. The van der Waals surface area contributed by atoms with E-state index in [0.29, 0.717) is 24.6 Å². The van der Waals surface area contributed by atoms with E-state index < -0.39 is 0 Å². The Balaban J connectivity index is 1.79. The van der Waals surface area contributed by atoms with Gasteiger partial charge in [0.2, 0.25) is 11.0 Å². The first-order chi connectivity index (χ1) is 9.28. The van der Waals surface area contributed by atoms with Gasteiger partial charge in [-0.25, -0.2) is 0 Å². The van der Waals surface area contributed by atoms with E-state index in [1.165, 1.54) is 11.3 Å². The molecule has 0 saturated carbocycles. The van der Waals surface area contributed by atoms with Gasteiger partial charge < -0.3 is 10.1 Å². The number of hydrogen-bond donors (Lipinski definition) is 1. The van der Waals surface area contributed by atoms with E-state index in [0.717, 1.165) is 11.3 Å². The lowest BCUT2D eigenvalue weighted by atomic mass is 10.1. The number of benzene rings is 1. The van der Waals surface area contributed by atoms with Gasteiger partial charge in [-0.05, 0) is 31.0 Å². The smallest absolute Gasteiger partial charge is 0.226 e. The van der Waals surface area contributed by atoms with Crippen molar-refractivity contribution in [1.82, 2.24) is 10.2 Å². The third-order valence-electron chi connectivity index (χ3n) is 2.48. The molecule has 0 radical (unpaired) electrons. The van der Waals surface area contributed by atoms with Gasteiger partial charge in [0.25, 0.3) is 0 Å². The van der Waals surface area contributed by atoms with Gasteiger partial charge in [0, 0.05) is 6.42 Å². The second-order valence-electron chi connectivity index (χ2n) is 3.87. The van der Waals surface area contributed by atoms with Crippen molar-refractivity contribution in [3.8, 4) is 5.75 Å². The molecule has 0 spiro atoms. The number of ether oxygens (including phenoxy) is 1. The van der Waals surface area contributed by atoms with E-state index in [1.807, 2.05) is 31.2 Å². The molecule has 1 amide bonds. The predicted molar refractivity (Wildman–Crippen MR) is 74.5 cm³/mol. The standard InChI is InChI=1S/C13H15N3O2S/c1-2-18-11-6-3-10(4-7-11)5-8-12(17)15-13-16-14-9-19-13/h3-4,6-7,9H,2,5,8H2,1H3,(H,15,16,17). The zero-order valence-corrected chi connectivity index (χ0v) is 11.4. The van der Waals surface area contributed by atoms with Crippen molar-refractivity contribution < 1.29 is 9.53 Å². The highest BCUT2D eigenvalue weighted by Crippen LogP contribution is 2.14. The number of amides is 1. The normalized spacial score (nSPS) is 10.2. The average Bonchev–Trinajstić information content (AvgIpc) is 2.91. The number of aryl methyl sites for hydroxylation is 1. The number of aromatic nitrogens is 2. The van der Waals surface area contributed by atoms with Crippen LogP contribution in [0, 0.1) is 0 Å².